The van der Waals surface area contributed by atoms with Crippen LogP contribution >= 0.6 is 0 Å². The van der Waals surface area contributed by atoms with Gasteiger partial charge in [0, 0.05) is 26.2 Å². The first kappa shape index (κ1) is 17.3. The summed E-state index contributed by atoms with van der Waals surface area (Å²) < 4.78 is 0. The van der Waals surface area contributed by atoms with Gasteiger partial charge >= 0.3 is 0 Å². The molecule has 5 nitrogen and oxygen atoms in total. The van der Waals surface area contributed by atoms with Gasteiger partial charge in [-0.15, -0.1) is 0 Å². The van der Waals surface area contributed by atoms with Crippen molar-refractivity contribution in [2.24, 2.45) is 0 Å². The summed E-state index contributed by atoms with van der Waals surface area (Å²) >= 11 is 0. The second-order valence-corrected chi connectivity index (χ2v) is 5.23. The molecular weight excluding hydrogens is 254 g/mol. The van der Waals surface area contributed by atoms with Crippen molar-refractivity contribution < 1.29 is 10.2 Å². The Morgan fingerprint density at radius 2 is 1.10 bits per heavy atom. The molecule has 2 N–H and O–H groups in total. The largest absolute Gasteiger partial charge is 0.379 e. The molecule has 1 aliphatic carbocycles. The predicted octanol–water partition coefficient (Wildman–Crippen LogP) is 1.24. The Hall–Kier alpha value is -0.780. The Morgan fingerprint density at radius 3 is 1.30 bits per heavy atom. The molecule has 0 radical (unpaired) electrons. The summed E-state index contributed by atoms with van der Waals surface area (Å²) in [6, 6.07) is 0.0369. The molecule has 118 valence electrons. The maximum atomic E-state index is 9.99. The van der Waals surface area contributed by atoms with Crippen LogP contribution in [0.5, 0.6) is 0 Å². The van der Waals surface area contributed by atoms with Crippen molar-refractivity contribution in [2.75, 3.05) is 26.2 Å². The molecule has 1 rings (SSSR count). The summed E-state index contributed by atoms with van der Waals surface area (Å²) in [5.41, 5.74) is 2.50. The first-order valence-electron chi connectivity index (χ1n) is 7.81. The molecule has 0 aromatic carbocycles. The fourth-order valence-electron chi connectivity index (χ4n) is 3.01. The van der Waals surface area contributed by atoms with Crippen LogP contribution in [0.25, 0.3) is 0 Å². The summed E-state index contributed by atoms with van der Waals surface area (Å²) in [4.78, 5) is 6.40. The molecule has 0 saturated heterocycles. The van der Waals surface area contributed by atoms with E-state index in [0.717, 1.165) is 26.2 Å². The molecule has 5 heteroatoms. The number of likely N-dealkylation sites (N-methyl/N-ethyl adjacent to an activating group) is 2. The van der Waals surface area contributed by atoms with Gasteiger partial charge in [0.15, 0.2) is 0 Å². The highest BCUT2D eigenvalue weighted by Gasteiger charge is 2.48. The van der Waals surface area contributed by atoms with Crippen molar-refractivity contribution in [1.82, 2.24) is 14.7 Å². The van der Waals surface area contributed by atoms with Crippen molar-refractivity contribution in [3.05, 3.63) is 11.4 Å². The van der Waals surface area contributed by atoms with E-state index in [1.807, 2.05) is 0 Å². The molecule has 0 aromatic heterocycles. The molecule has 2 atom stereocenters. The highest BCUT2D eigenvalue weighted by atomic mass is 16.3. The molecule has 0 bridgehead atoms. The van der Waals surface area contributed by atoms with Crippen LogP contribution < -0.4 is 0 Å². The Morgan fingerprint density at radius 1 is 0.800 bits per heavy atom. The summed E-state index contributed by atoms with van der Waals surface area (Å²) in [6.07, 6.45) is -1.34. The Labute approximate surface area is 123 Å². The summed E-state index contributed by atoms with van der Waals surface area (Å²) in [5, 5.41) is 20.0. The van der Waals surface area contributed by atoms with E-state index in [9.17, 15) is 10.2 Å². The molecule has 0 aromatic rings. The average molecular weight is 285 g/mol. The first-order chi connectivity index (χ1) is 9.44. The van der Waals surface area contributed by atoms with E-state index < -0.39 is 12.5 Å². The van der Waals surface area contributed by atoms with E-state index >= 15 is 0 Å². The molecule has 0 spiro atoms. The number of aliphatic hydroxyl groups is 2. The van der Waals surface area contributed by atoms with Gasteiger partial charge in [-0.05, 0) is 41.5 Å². The van der Waals surface area contributed by atoms with Crippen molar-refractivity contribution >= 4 is 0 Å². The number of aliphatic hydroxyl groups excluding tert-OH is 2. The Balaban J connectivity index is 3.03. The molecule has 0 amide bonds. The van der Waals surface area contributed by atoms with Crippen LogP contribution in [-0.4, -0.2) is 69.6 Å². The maximum absolute atomic E-state index is 9.99. The van der Waals surface area contributed by atoms with Crippen LogP contribution in [0.2, 0.25) is 0 Å². The van der Waals surface area contributed by atoms with Gasteiger partial charge in [-0.2, -0.15) is 0 Å². The third kappa shape index (κ3) is 3.27. The molecule has 0 aliphatic heterocycles. The zero-order chi connectivity index (χ0) is 15.4. The number of hydrogen-bond donors (Lipinski definition) is 2. The molecule has 0 fully saturated rings. The molecule has 2 unspecified atom stereocenters. The first-order valence-corrected chi connectivity index (χ1v) is 7.81. The van der Waals surface area contributed by atoms with Crippen molar-refractivity contribution in [2.45, 2.75) is 60.0 Å². The van der Waals surface area contributed by atoms with Crippen LogP contribution in [0, 0.1) is 0 Å². The van der Waals surface area contributed by atoms with Gasteiger partial charge in [0.25, 0.3) is 0 Å². The number of nitrogens with zero attached hydrogens (tertiary/aromatic N) is 3. The third-order valence-corrected chi connectivity index (χ3v) is 4.07. The van der Waals surface area contributed by atoms with Crippen molar-refractivity contribution in [3.8, 4) is 0 Å². The minimum absolute atomic E-state index is 0.0369. The number of hydrogen-bond acceptors (Lipinski definition) is 5. The van der Waals surface area contributed by atoms with Gasteiger partial charge in [-0.3, -0.25) is 0 Å². The quantitative estimate of drug-likeness (QED) is 0.624. The van der Waals surface area contributed by atoms with Gasteiger partial charge in [0.2, 0.25) is 0 Å². The van der Waals surface area contributed by atoms with Crippen LogP contribution in [0.4, 0.5) is 0 Å². The van der Waals surface area contributed by atoms with Crippen LogP contribution in [-0.2, 0) is 0 Å². The minimum atomic E-state index is -0.668. The second kappa shape index (κ2) is 7.29. The van der Waals surface area contributed by atoms with Crippen LogP contribution in [0.3, 0.4) is 0 Å². The Bertz CT molecular complexity index is 304. The predicted molar refractivity (Wildman–Crippen MR) is 81.9 cm³/mol. The lowest BCUT2D eigenvalue weighted by Gasteiger charge is -2.32. The lowest BCUT2D eigenvalue weighted by atomic mass is 10.3. The zero-order valence-electron chi connectivity index (χ0n) is 13.8. The molecule has 0 heterocycles. The Kier molecular flexibility index (Phi) is 6.30. The second-order valence-electron chi connectivity index (χ2n) is 5.23. The fraction of sp³-hybridized carbons (Fsp3) is 0.867. The van der Waals surface area contributed by atoms with Gasteiger partial charge in [-0.1, -0.05) is 0 Å². The lowest BCUT2D eigenvalue weighted by Crippen LogP contribution is -2.45. The van der Waals surface area contributed by atoms with E-state index in [1.54, 1.807) is 18.7 Å². The standard InChI is InChI=1S/C15H31N3O2/c1-7-16(8-2)13-14(17(9-3)10-4)15(13)18(11(5)19)12(6)20/h11-12,15,19-20H,7-10H2,1-6H3. The van der Waals surface area contributed by atoms with Gasteiger partial charge in [0.1, 0.15) is 12.5 Å². The fourth-order valence-corrected chi connectivity index (χ4v) is 3.01. The summed E-state index contributed by atoms with van der Waals surface area (Å²) in [7, 11) is 0. The molecular formula is C15H31N3O2. The smallest absolute Gasteiger partial charge is 0.107 e. The van der Waals surface area contributed by atoms with E-state index in [-0.39, 0.29) is 6.04 Å². The third-order valence-electron chi connectivity index (χ3n) is 4.07. The average Bonchev–Trinajstić information content (AvgIpc) is 3.06. The highest BCUT2D eigenvalue weighted by Crippen LogP contribution is 2.42. The SMILES string of the molecule is CCN(CC)C1=C(N(CC)CC)C1N(C(C)O)C(C)O. The molecule has 1 aliphatic rings. The summed E-state index contributed by atoms with van der Waals surface area (Å²) in [6.45, 7) is 15.8. The van der Waals surface area contributed by atoms with Crippen molar-refractivity contribution in [3.63, 3.8) is 0 Å². The van der Waals surface area contributed by atoms with Crippen LogP contribution in [0.1, 0.15) is 41.5 Å². The highest BCUT2D eigenvalue weighted by molar-refractivity contribution is 5.45. The lowest BCUT2D eigenvalue weighted by molar-refractivity contribution is -0.0911. The number of rotatable bonds is 9. The molecule has 20 heavy (non-hydrogen) atoms. The van der Waals surface area contributed by atoms with Crippen LogP contribution in [0.15, 0.2) is 11.4 Å². The van der Waals surface area contributed by atoms with Gasteiger partial charge in [0.05, 0.1) is 17.4 Å². The van der Waals surface area contributed by atoms with E-state index in [2.05, 4.69) is 37.5 Å². The monoisotopic (exact) mass is 285 g/mol. The van der Waals surface area contributed by atoms with E-state index in [0.29, 0.717) is 0 Å². The minimum Gasteiger partial charge on any atom is -0.379 e. The molecule has 0 saturated carbocycles. The van der Waals surface area contributed by atoms with E-state index in [4.69, 9.17) is 0 Å². The van der Waals surface area contributed by atoms with Gasteiger partial charge < -0.3 is 20.0 Å². The normalized spacial score (nSPS) is 18.4. The summed E-state index contributed by atoms with van der Waals surface area (Å²) in [5.74, 6) is 0. The maximum Gasteiger partial charge on any atom is 0.107 e. The van der Waals surface area contributed by atoms with E-state index in [1.165, 1.54) is 11.4 Å². The topological polar surface area (TPSA) is 50.2 Å². The van der Waals surface area contributed by atoms with Crippen molar-refractivity contribution in [1.29, 1.82) is 0 Å². The van der Waals surface area contributed by atoms with Gasteiger partial charge in [-0.25, -0.2) is 4.90 Å². The zero-order valence-corrected chi connectivity index (χ0v) is 13.8.